The summed E-state index contributed by atoms with van der Waals surface area (Å²) in [6.07, 6.45) is 3.64. The van der Waals surface area contributed by atoms with Gasteiger partial charge in [-0.15, -0.1) is 24.0 Å². The number of benzene rings is 1. The second kappa shape index (κ2) is 14.9. The summed E-state index contributed by atoms with van der Waals surface area (Å²) in [5.41, 5.74) is 1.28. The SMILES string of the molecule is CCNC(=NCC(c1cccc(OC)c1)N1CCCC1)NCCCN1CCOCC1.I. The molecule has 0 aliphatic carbocycles. The third-order valence-corrected chi connectivity index (χ3v) is 5.87. The third-order valence-electron chi connectivity index (χ3n) is 5.87. The minimum Gasteiger partial charge on any atom is -0.497 e. The molecule has 0 spiro atoms. The van der Waals surface area contributed by atoms with Gasteiger partial charge in [0.1, 0.15) is 5.75 Å². The van der Waals surface area contributed by atoms with Gasteiger partial charge in [-0.2, -0.15) is 0 Å². The Hall–Kier alpha value is -1.10. The Balaban J connectivity index is 0.00000341. The highest BCUT2D eigenvalue weighted by atomic mass is 127. The Morgan fingerprint density at radius 3 is 2.65 bits per heavy atom. The lowest BCUT2D eigenvalue weighted by molar-refractivity contribution is 0.0376. The molecular weight excluding hydrogens is 505 g/mol. The molecule has 0 amide bonds. The fourth-order valence-electron chi connectivity index (χ4n) is 4.19. The Kier molecular flexibility index (Phi) is 12.5. The van der Waals surface area contributed by atoms with Gasteiger partial charge in [0.2, 0.25) is 0 Å². The van der Waals surface area contributed by atoms with Crippen LogP contribution in [-0.2, 0) is 4.74 Å². The van der Waals surface area contributed by atoms with Crippen molar-refractivity contribution in [2.45, 2.75) is 32.2 Å². The zero-order valence-corrected chi connectivity index (χ0v) is 21.5. The maximum atomic E-state index is 5.46. The number of rotatable bonds is 10. The second-order valence-electron chi connectivity index (χ2n) is 7.99. The van der Waals surface area contributed by atoms with Crippen molar-refractivity contribution >= 4 is 29.9 Å². The predicted molar refractivity (Wildman–Crippen MR) is 138 cm³/mol. The van der Waals surface area contributed by atoms with Crippen molar-refractivity contribution in [1.29, 1.82) is 0 Å². The van der Waals surface area contributed by atoms with Crippen LogP contribution in [0.1, 0.15) is 37.8 Å². The first-order valence-corrected chi connectivity index (χ1v) is 11.5. The fraction of sp³-hybridized carbons (Fsp3) is 0.696. The van der Waals surface area contributed by atoms with E-state index < -0.39 is 0 Å². The summed E-state index contributed by atoms with van der Waals surface area (Å²) in [5, 5.41) is 6.92. The Morgan fingerprint density at radius 1 is 1.16 bits per heavy atom. The van der Waals surface area contributed by atoms with Crippen LogP contribution in [0.15, 0.2) is 29.3 Å². The van der Waals surface area contributed by atoms with Crippen LogP contribution in [0.25, 0.3) is 0 Å². The molecule has 31 heavy (non-hydrogen) atoms. The molecule has 1 aromatic rings. The molecule has 2 aliphatic heterocycles. The number of methoxy groups -OCH3 is 1. The first kappa shape index (κ1) is 26.2. The van der Waals surface area contributed by atoms with Crippen LogP contribution in [0.4, 0.5) is 0 Å². The summed E-state index contributed by atoms with van der Waals surface area (Å²) in [7, 11) is 1.73. The van der Waals surface area contributed by atoms with Gasteiger partial charge >= 0.3 is 0 Å². The quantitative estimate of drug-likeness (QED) is 0.204. The molecule has 8 heteroatoms. The van der Waals surface area contributed by atoms with Gasteiger partial charge < -0.3 is 20.1 Å². The number of ether oxygens (including phenoxy) is 2. The summed E-state index contributed by atoms with van der Waals surface area (Å²) < 4.78 is 10.9. The van der Waals surface area contributed by atoms with Crippen molar-refractivity contribution in [2.24, 2.45) is 4.99 Å². The molecule has 0 saturated carbocycles. The van der Waals surface area contributed by atoms with E-state index in [1.54, 1.807) is 7.11 Å². The van der Waals surface area contributed by atoms with Crippen LogP contribution in [0.5, 0.6) is 5.75 Å². The van der Waals surface area contributed by atoms with E-state index in [1.807, 2.05) is 6.07 Å². The smallest absolute Gasteiger partial charge is 0.191 e. The lowest BCUT2D eigenvalue weighted by Crippen LogP contribution is -2.41. The molecule has 1 aromatic carbocycles. The van der Waals surface area contributed by atoms with E-state index in [9.17, 15) is 0 Å². The minimum atomic E-state index is 0. The Bertz CT molecular complexity index is 649. The molecule has 176 valence electrons. The number of morpholine rings is 1. The highest BCUT2D eigenvalue weighted by Gasteiger charge is 2.23. The molecule has 3 rings (SSSR count). The van der Waals surface area contributed by atoms with E-state index in [2.05, 4.69) is 45.6 Å². The van der Waals surface area contributed by atoms with Crippen LogP contribution in [0.3, 0.4) is 0 Å². The summed E-state index contributed by atoms with van der Waals surface area (Å²) in [6.45, 7) is 11.9. The van der Waals surface area contributed by atoms with E-state index >= 15 is 0 Å². The first-order valence-electron chi connectivity index (χ1n) is 11.5. The number of hydrogen-bond donors (Lipinski definition) is 2. The van der Waals surface area contributed by atoms with Crippen LogP contribution >= 0.6 is 24.0 Å². The van der Waals surface area contributed by atoms with E-state index in [0.717, 1.165) is 83.7 Å². The van der Waals surface area contributed by atoms with Gasteiger partial charge in [0, 0.05) is 26.2 Å². The lowest BCUT2D eigenvalue weighted by Gasteiger charge is -2.27. The van der Waals surface area contributed by atoms with E-state index in [0.29, 0.717) is 0 Å². The van der Waals surface area contributed by atoms with Crippen LogP contribution in [0, 0.1) is 0 Å². The third kappa shape index (κ3) is 8.75. The molecule has 2 N–H and O–H groups in total. The van der Waals surface area contributed by atoms with Crippen LogP contribution in [-0.4, -0.2) is 88.4 Å². The van der Waals surface area contributed by atoms with Crippen LogP contribution in [0.2, 0.25) is 0 Å². The average molecular weight is 546 g/mol. The predicted octanol–water partition coefficient (Wildman–Crippen LogP) is 2.73. The topological polar surface area (TPSA) is 61.4 Å². The van der Waals surface area contributed by atoms with Gasteiger partial charge in [-0.1, -0.05) is 12.1 Å². The van der Waals surface area contributed by atoms with Crippen molar-refractivity contribution in [1.82, 2.24) is 20.4 Å². The van der Waals surface area contributed by atoms with Gasteiger partial charge in [-0.25, -0.2) is 0 Å². The van der Waals surface area contributed by atoms with E-state index in [4.69, 9.17) is 14.5 Å². The van der Waals surface area contributed by atoms with Gasteiger partial charge in [-0.3, -0.25) is 14.8 Å². The normalized spacial score (nSPS) is 19.0. The average Bonchev–Trinajstić information content (AvgIpc) is 3.32. The molecule has 2 heterocycles. The molecular formula is C23H40IN5O2. The van der Waals surface area contributed by atoms with Gasteiger partial charge in [-0.05, 0) is 63.5 Å². The molecule has 0 aromatic heterocycles. The second-order valence-corrected chi connectivity index (χ2v) is 7.99. The minimum absolute atomic E-state index is 0. The Labute approximate surface area is 205 Å². The van der Waals surface area contributed by atoms with Crippen LogP contribution < -0.4 is 15.4 Å². The standard InChI is InChI=1S/C23H39N5O2.HI/c1-3-24-23(25-10-7-11-27-14-16-30-17-15-27)26-19-22(28-12-4-5-13-28)20-8-6-9-21(18-20)29-2;/h6,8-9,18,22H,3-5,7,10-17,19H2,1-2H3,(H2,24,25,26);1H. The monoisotopic (exact) mass is 545 g/mol. The number of nitrogens with zero attached hydrogens (tertiary/aromatic N) is 3. The molecule has 1 atom stereocenters. The van der Waals surface area contributed by atoms with Crippen molar-refractivity contribution in [2.75, 3.05) is 72.7 Å². The fourth-order valence-corrected chi connectivity index (χ4v) is 4.19. The number of hydrogen-bond acceptors (Lipinski definition) is 5. The zero-order chi connectivity index (χ0) is 21.0. The van der Waals surface area contributed by atoms with Crippen molar-refractivity contribution in [3.63, 3.8) is 0 Å². The highest BCUT2D eigenvalue weighted by molar-refractivity contribution is 14.0. The number of nitrogens with one attached hydrogen (secondary N) is 2. The maximum Gasteiger partial charge on any atom is 0.191 e. The number of aliphatic imine (C=N–C) groups is 1. The maximum absolute atomic E-state index is 5.46. The molecule has 0 radical (unpaired) electrons. The van der Waals surface area contributed by atoms with Gasteiger partial charge in [0.05, 0.1) is 32.9 Å². The Morgan fingerprint density at radius 2 is 1.94 bits per heavy atom. The van der Waals surface area contributed by atoms with Gasteiger partial charge in [0.25, 0.3) is 0 Å². The first-order chi connectivity index (χ1) is 14.8. The highest BCUT2D eigenvalue weighted by Crippen LogP contribution is 2.27. The largest absolute Gasteiger partial charge is 0.497 e. The summed E-state index contributed by atoms with van der Waals surface area (Å²) in [4.78, 5) is 9.98. The number of guanidine groups is 1. The summed E-state index contributed by atoms with van der Waals surface area (Å²) in [5.74, 6) is 1.82. The van der Waals surface area contributed by atoms with E-state index in [-0.39, 0.29) is 30.0 Å². The van der Waals surface area contributed by atoms with Gasteiger partial charge in [0.15, 0.2) is 5.96 Å². The van der Waals surface area contributed by atoms with Crippen molar-refractivity contribution in [3.05, 3.63) is 29.8 Å². The summed E-state index contributed by atoms with van der Waals surface area (Å²) >= 11 is 0. The molecule has 7 nitrogen and oxygen atoms in total. The van der Waals surface area contributed by atoms with Crippen molar-refractivity contribution in [3.8, 4) is 5.75 Å². The lowest BCUT2D eigenvalue weighted by atomic mass is 10.1. The number of halogens is 1. The van der Waals surface area contributed by atoms with Crippen molar-refractivity contribution < 1.29 is 9.47 Å². The molecule has 2 aliphatic rings. The molecule has 0 bridgehead atoms. The molecule has 2 saturated heterocycles. The number of likely N-dealkylation sites (tertiary alicyclic amines) is 1. The molecule has 2 fully saturated rings. The van der Waals surface area contributed by atoms with E-state index in [1.165, 1.54) is 18.4 Å². The molecule has 1 unspecified atom stereocenters. The zero-order valence-electron chi connectivity index (χ0n) is 19.1. The summed E-state index contributed by atoms with van der Waals surface area (Å²) in [6, 6.07) is 8.72.